The van der Waals surface area contributed by atoms with Gasteiger partial charge in [-0.3, -0.25) is 4.90 Å². The highest BCUT2D eigenvalue weighted by Crippen LogP contribution is 2.34. The number of benzene rings is 1. The highest BCUT2D eigenvalue weighted by Gasteiger charge is 2.36. The summed E-state index contributed by atoms with van der Waals surface area (Å²) < 4.78 is 12.9. The Hall–Kier alpha value is -1.73. The van der Waals surface area contributed by atoms with Crippen LogP contribution in [0.15, 0.2) is 24.3 Å². The van der Waals surface area contributed by atoms with Crippen molar-refractivity contribution in [1.82, 2.24) is 4.90 Å². The molecule has 1 aliphatic heterocycles. The average Bonchev–Trinajstić information content (AvgIpc) is 2.41. The monoisotopic (exact) mass is 246 g/mol. The van der Waals surface area contributed by atoms with E-state index < -0.39 is 5.41 Å². The lowest BCUT2D eigenvalue weighted by Gasteiger charge is -2.36. The van der Waals surface area contributed by atoms with E-state index in [4.69, 9.17) is 0 Å². The smallest absolute Gasteiger partial charge is 0.133 e. The molecule has 1 aliphatic rings. The second kappa shape index (κ2) is 5.28. The Balaban J connectivity index is 2.16. The Bertz CT molecular complexity index is 456. The molecule has 0 saturated carbocycles. The topological polar surface area (TPSA) is 44.1 Å². The molecule has 1 saturated heterocycles. The molecule has 0 aromatic heterocycles. The lowest BCUT2D eigenvalue weighted by Crippen LogP contribution is -2.42. The van der Waals surface area contributed by atoms with Crippen LogP contribution in [0.5, 0.6) is 0 Å². The molecular weight excluding hydrogens is 231 g/mol. The normalized spacial score (nSPS) is 19.1. The van der Waals surface area contributed by atoms with E-state index in [1.807, 2.05) is 4.90 Å². The summed E-state index contributed by atoms with van der Waals surface area (Å²) in [7, 11) is 0. The van der Waals surface area contributed by atoms with Crippen molar-refractivity contribution >= 4 is 6.29 Å². The number of hydrogen-bond acceptors (Lipinski definition) is 3. The summed E-state index contributed by atoms with van der Waals surface area (Å²) in [5, 5.41) is 9.45. The fourth-order valence-corrected chi connectivity index (χ4v) is 2.46. The summed E-state index contributed by atoms with van der Waals surface area (Å²) in [6.45, 7) is 1.87. The van der Waals surface area contributed by atoms with Crippen molar-refractivity contribution in [2.45, 2.75) is 18.3 Å². The summed E-state index contributed by atoms with van der Waals surface area (Å²) in [6, 6.07) is 8.55. The minimum absolute atomic E-state index is 0.287. The fourth-order valence-electron chi connectivity index (χ4n) is 2.46. The molecular formula is C14H15FN2O. The molecule has 0 N–H and O–H groups in total. The van der Waals surface area contributed by atoms with E-state index >= 15 is 0 Å². The maximum atomic E-state index is 12.9. The third kappa shape index (κ3) is 2.41. The van der Waals surface area contributed by atoms with Crippen molar-refractivity contribution in [1.29, 1.82) is 5.26 Å². The number of aldehydes is 1. The van der Waals surface area contributed by atoms with Crippen molar-refractivity contribution in [3.05, 3.63) is 35.6 Å². The zero-order valence-corrected chi connectivity index (χ0v) is 10.1. The van der Waals surface area contributed by atoms with Gasteiger partial charge in [-0.1, -0.05) is 12.1 Å². The first-order valence-corrected chi connectivity index (χ1v) is 6.03. The minimum atomic E-state index is -0.535. The first kappa shape index (κ1) is 12.7. The Morgan fingerprint density at radius 2 is 1.94 bits per heavy atom. The molecule has 0 amide bonds. The minimum Gasteiger partial charge on any atom is -0.302 e. The van der Waals surface area contributed by atoms with E-state index in [9.17, 15) is 14.4 Å². The van der Waals surface area contributed by atoms with Gasteiger partial charge in [-0.2, -0.15) is 5.26 Å². The molecule has 0 spiro atoms. The second-order valence-electron chi connectivity index (χ2n) is 4.67. The zero-order valence-electron chi connectivity index (χ0n) is 10.1. The Kier molecular flexibility index (Phi) is 3.73. The third-order valence-corrected chi connectivity index (χ3v) is 3.65. The molecule has 4 heteroatoms. The van der Waals surface area contributed by atoms with Crippen LogP contribution in [0.2, 0.25) is 0 Å². The van der Waals surface area contributed by atoms with Gasteiger partial charge in [-0.25, -0.2) is 4.39 Å². The van der Waals surface area contributed by atoms with Gasteiger partial charge in [0.05, 0.1) is 18.0 Å². The van der Waals surface area contributed by atoms with E-state index in [1.165, 1.54) is 12.1 Å². The van der Waals surface area contributed by atoms with Crippen LogP contribution >= 0.6 is 0 Å². The van der Waals surface area contributed by atoms with Gasteiger partial charge < -0.3 is 4.79 Å². The summed E-state index contributed by atoms with van der Waals surface area (Å²) in [4.78, 5) is 12.5. The molecule has 0 bridgehead atoms. The van der Waals surface area contributed by atoms with Crippen LogP contribution in [0.25, 0.3) is 0 Å². The first-order valence-electron chi connectivity index (χ1n) is 6.03. The maximum absolute atomic E-state index is 12.9. The van der Waals surface area contributed by atoms with Gasteiger partial charge in [-0.05, 0) is 30.5 Å². The second-order valence-corrected chi connectivity index (χ2v) is 4.67. The molecule has 1 heterocycles. The standard InChI is InChI=1S/C14H15FN2O/c15-13-3-1-12(2-4-13)14(11-16)5-7-17(8-6-14)9-10-18/h1-4,10H,5-9H2. The van der Waals surface area contributed by atoms with Gasteiger partial charge in [0.2, 0.25) is 0 Å². The highest BCUT2D eigenvalue weighted by atomic mass is 19.1. The van der Waals surface area contributed by atoms with E-state index in [0.29, 0.717) is 19.4 Å². The van der Waals surface area contributed by atoms with E-state index in [2.05, 4.69) is 6.07 Å². The van der Waals surface area contributed by atoms with Gasteiger partial charge >= 0.3 is 0 Å². The highest BCUT2D eigenvalue weighted by molar-refractivity contribution is 5.52. The molecule has 3 nitrogen and oxygen atoms in total. The number of likely N-dealkylation sites (tertiary alicyclic amines) is 1. The zero-order chi connectivity index (χ0) is 13.0. The van der Waals surface area contributed by atoms with Crippen molar-refractivity contribution in [2.75, 3.05) is 19.6 Å². The van der Waals surface area contributed by atoms with Gasteiger partial charge in [0.15, 0.2) is 0 Å². The summed E-state index contributed by atoms with van der Waals surface area (Å²) in [5.74, 6) is -0.287. The lowest BCUT2D eigenvalue weighted by atomic mass is 9.74. The van der Waals surface area contributed by atoms with Crippen molar-refractivity contribution in [3.63, 3.8) is 0 Å². The van der Waals surface area contributed by atoms with Gasteiger partial charge in [0, 0.05) is 13.1 Å². The van der Waals surface area contributed by atoms with E-state index in [-0.39, 0.29) is 5.82 Å². The SMILES string of the molecule is N#CC1(c2ccc(F)cc2)CCN(CC=O)CC1. The van der Waals surface area contributed by atoms with Crippen LogP contribution in [0, 0.1) is 17.1 Å². The largest absolute Gasteiger partial charge is 0.302 e. The predicted molar refractivity (Wildman–Crippen MR) is 65.4 cm³/mol. The van der Waals surface area contributed by atoms with Crippen molar-refractivity contribution < 1.29 is 9.18 Å². The maximum Gasteiger partial charge on any atom is 0.133 e. The Morgan fingerprint density at radius 3 is 2.44 bits per heavy atom. The summed E-state index contributed by atoms with van der Waals surface area (Å²) in [6.07, 6.45) is 2.25. The Morgan fingerprint density at radius 1 is 1.33 bits per heavy atom. The Labute approximate surface area is 106 Å². The molecule has 1 aromatic carbocycles. The van der Waals surface area contributed by atoms with Crippen molar-refractivity contribution in [2.24, 2.45) is 0 Å². The molecule has 0 radical (unpaired) electrons. The quantitative estimate of drug-likeness (QED) is 0.765. The first-order chi connectivity index (χ1) is 8.70. The summed E-state index contributed by atoms with van der Waals surface area (Å²) >= 11 is 0. The molecule has 1 aromatic rings. The number of piperidine rings is 1. The predicted octanol–water partition coefficient (Wildman–Crippen LogP) is 1.88. The number of carbonyl (C=O) groups excluding carboxylic acids is 1. The number of nitrogens with zero attached hydrogens (tertiary/aromatic N) is 2. The molecule has 94 valence electrons. The van der Waals surface area contributed by atoms with Crippen LogP contribution in [0.1, 0.15) is 18.4 Å². The van der Waals surface area contributed by atoms with E-state index in [0.717, 1.165) is 24.9 Å². The van der Waals surface area contributed by atoms with Gasteiger partial charge in [0.25, 0.3) is 0 Å². The van der Waals surface area contributed by atoms with Crippen LogP contribution < -0.4 is 0 Å². The number of halogens is 1. The van der Waals surface area contributed by atoms with E-state index in [1.54, 1.807) is 12.1 Å². The third-order valence-electron chi connectivity index (χ3n) is 3.65. The fraction of sp³-hybridized carbons (Fsp3) is 0.429. The molecule has 0 atom stereocenters. The molecule has 18 heavy (non-hydrogen) atoms. The summed E-state index contributed by atoms with van der Waals surface area (Å²) in [5.41, 5.74) is 0.338. The molecule has 0 aliphatic carbocycles. The van der Waals surface area contributed by atoms with Gasteiger partial charge in [-0.15, -0.1) is 0 Å². The average molecular weight is 246 g/mol. The van der Waals surface area contributed by atoms with Crippen LogP contribution in [-0.4, -0.2) is 30.8 Å². The van der Waals surface area contributed by atoms with Crippen LogP contribution in [-0.2, 0) is 10.2 Å². The van der Waals surface area contributed by atoms with Crippen LogP contribution in [0.4, 0.5) is 4.39 Å². The molecule has 1 fully saturated rings. The number of rotatable bonds is 3. The molecule has 0 unspecified atom stereocenters. The van der Waals surface area contributed by atoms with Crippen LogP contribution in [0.3, 0.4) is 0 Å². The van der Waals surface area contributed by atoms with Crippen molar-refractivity contribution in [3.8, 4) is 6.07 Å². The molecule has 2 rings (SSSR count). The lowest BCUT2D eigenvalue weighted by molar-refractivity contribution is -0.109. The number of hydrogen-bond donors (Lipinski definition) is 0. The number of carbonyl (C=O) groups is 1. The van der Waals surface area contributed by atoms with Gasteiger partial charge in [0.1, 0.15) is 12.1 Å². The number of nitriles is 1.